The number of hydrogen-bond donors (Lipinski definition) is 2. The van der Waals surface area contributed by atoms with Crippen molar-refractivity contribution in [3.63, 3.8) is 0 Å². The van der Waals surface area contributed by atoms with E-state index in [-0.39, 0.29) is 12.8 Å². The Morgan fingerprint density at radius 2 is 2.17 bits per heavy atom. The molecule has 0 radical (unpaired) electrons. The third-order valence-corrected chi connectivity index (χ3v) is 3.24. The molecule has 3 rings (SSSR count). The largest absolute Gasteiger partial charge is 0.492 e. The van der Waals surface area contributed by atoms with E-state index in [1.54, 1.807) is 24.4 Å². The molecule has 0 saturated carbocycles. The maximum absolute atomic E-state index is 11.8. The zero-order valence-electron chi connectivity index (χ0n) is 12.7. The monoisotopic (exact) mass is 315 g/mol. The average Bonchev–Trinajstić information content (AvgIpc) is 3.01. The fraction of sp³-hybridized carbons (Fsp3) is 0.250. The molecule has 7 nitrogen and oxygen atoms in total. The summed E-state index contributed by atoms with van der Waals surface area (Å²) in [6.07, 6.45) is 1.63. The summed E-state index contributed by atoms with van der Waals surface area (Å²) in [5.41, 5.74) is 0.902. The van der Waals surface area contributed by atoms with Crippen LogP contribution in [0.1, 0.15) is 5.56 Å². The molecule has 0 saturated heterocycles. The van der Waals surface area contributed by atoms with Crippen molar-refractivity contribution in [3.8, 4) is 17.2 Å². The Balaban J connectivity index is 1.41. The minimum absolute atomic E-state index is 0.230. The van der Waals surface area contributed by atoms with Crippen molar-refractivity contribution in [1.29, 1.82) is 0 Å². The van der Waals surface area contributed by atoms with Crippen LogP contribution in [0.25, 0.3) is 0 Å². The van der Waals surface area contributed by atoms with E-state index in [2.05, 4.69) is 15.6 Å². The Bertz CT molecular complexity index is 705. The van der Waals surface area contributed by atoms with Crippen molar-refractivity contribution < 1.29 is 19.0 Å². The van der Waals surface area contributed by atoms with E-state index in [1.165, 1.54) is 0 Å². The first-order valence-corrected chi connectivity index (χ1v) is 7.21. The molecule has 2 amide bonds. The third-order valence-electron chi connectivity index (χ3n) is 3.24. The molecular weight excluding hydrogens is 298 g/mol. The summed E-state index contributed by atoms with van der Waals surface area (Å²) in [6, 6.07) is 8.73. The molecule has 0 spiro atoms. The van der Waals surface area contributed by atoms with Crippen LogP contribution < -0.4 is 24.8 Å². The van der Waals surface area contributed by atoms with E-state index in [0.717, 1.165) is 5.56 Å². The second-order valence-corrected chi connectivity index (χ2v) is 4.91. The number of nitrogens with one attached hydrogen (secondary N) is 2. The van der Waals surface area contributed by atoms with E-state index < -0.39 is 0 Å². The van der Waals surface area contributed by atoms with E-state index in [4.69, 9.17) is 14.2 Å². The summed E-state index contributed by atoms with van der Waals surface area (Å²) in [4.78, 5) is 15.9. The van der Waals surface area contributed by atoms with Crippen molar-refractivity contribution in [2.75, 3.05) is 25.3 Å². The number of urea groups is 1. The van der Waals surface area contributed by atoms with Gasteiger partial charge in [0.05, 0.1) is 6.54 Å². The standard InChI is InChI=1S/C16H17N3O4/c1-11-3-2-6-17-15(11)19-16(20)18-7-8-21-12-4-5-13-14(9-12)23-10-22-13/h2-6,9H,7-8,10H2,1H3,(H2,17,18,19,20). The van der Waals surface area contributed by atoms with Gasteiger partial charge in [-0.1, -0.05) is 6.07 Å². The number of pyridine rings is 1. The topological polar surface area (TPSA) is 81.7 Å². The second-order valence-electron chi connectivity index (χ2n) is 4.91. The van der Waals surface area contributed by atoms with Crippen LogP contribution in [0.2, 0.25) is 0 Å². The number of benzene rings is 1. The van der Waals surface area contributed by atoms with Crippen LogP contribution in [0.3, 0.4) is 0 Å². The fourth-order valence-corrected chi connectivity index (χ4v) is 2.07. The number of amides is 2. The molecule has 1 aliphatic rings. The van der Waals surface area contributed by atoms with Crippen molar-refractivity contribution in [1.82, 2.24) is 10.3 Å². The molecule has 1 aliphatic heterocycles. The third kappa shape index (κ3) is 3.82. The van der Waals surface area contributed by atoms with E-state index in [1.807, 2.05) is 19.1 Å². The van der Waals surface area contributed by atoms with E-state index >= 15 is 0 Å². The molecule has 1 aromatic heterocycles. The van der Waals surface area contributed by atoms with Crippen molar-refractivity contribution in [2.45, 2.75) is 6.92 Å². The quantitative estimate of drug-likeness (QED) is 0.828. The summed E-state index contributed by atoms with van der Waals surface area (Å²) in [5, 5.41) is 5.40. The molecular formula is C16H17N3O4. The van der Waals surface area contributed by atoms with E-state index in [0.29, 0.717) is 36.2 Å². The van der Waals surface area contributed by atoms with Gasteiger partial charge in [-0.25, -0.2) is 9.78 Å². The zero-order valence-corrected chi connectivity index (χ0v) is 12.7. The van der Waals surface area contributed by atoms with E-state index in [9.17, 15) is 4.79 Å². The summed E-state index contributed by atoms with van der Waals surface area (Å²) in [5.74, 6) is 2.58. The van der Waals surface area contributed by atoms with Crippen LogP contribution in [-0.4, -0.2) is 31.0 Å². The highest BCUT2D eigenvalue weighted by molar-refractivity contribution is 5.88. The number of nitrogens with zero attached hydrogens (tertiary/aromatic N) is 1. The Kier molecular flexibility index (Phi) is 4.46. The lowest BCUT2D eigenvalue weighted by atomic mass is 10.3. The van der Waals surface area contributed by atoms with Crippen LogP contribution in [0.15, 0.2) is 36.5 Å². The molecule has 0 aliphatic carbocycles. The Morgan fingerprint density at radius 3 is 3.04 bits per heavy atom. The van der Waals surface area contributed by atoms with Crippen LogP contribution in [-0.2, 0) is 0 Å². The van der Waals surface area contributed by atoms with Gasteiger partial charge in [0, 0.05) is 12.3 Å². The molecule has 2 aromatic rings. The molecule has 120 valence electrons. The maximum atomic E-state index is 11.8. The zero-order chi connectivity index (χ0) is 16.1. The summed E-state index contributed by atoms with van der Waals surface area (Å²) in [6.45, 7) is 2.82. The van der Waals surface area contributed by atoms with Crippen LogP contribution in [0, 0.1) is 6.92 Å². The molecule has 2 N–H and O–H groups in total. The van der Waals surface area contributed by atoms with Crippen LogP contribution in [0.5, 0.6) is 17.2 Å². The number of carbonyl (C=O) groups is 1. The maximum Gasteiger partial charge on any atom is 0.320 e. The number of fused-ring (bicyclic) bond motifs is 1. The van der Waals surface area contributed by atoms with Crippen LogP contribution >= 0.6 is 0 Å². The first kappa shape index (κ1) is 15.0. The van der Waals surface area contributed by atoms with Gasteiger partial charge in [0.1, 0.15) is 18.2 Å². The first-order valence-electron chi connectivity index (χ1n) is 7.21. The highest BCUT2D eigenvalue weighted by atomic mass is 16.7. The van der Waals surface area contributed by atoms with Gasteiger partial charge >= 0.3 is 6.03 Å². The predicted octanol–water partition coefficient (Wildman–Crippen LogP) is 2.32. The molecule has 2 heterocycles. The lowest BCUT2D eigenvalue weighted by Gasteiger charge is -2.10. The first-order chi connectivity index (χ1) is 11.2. The number of aromatic nitrogens is 1. The van der Waals surface area contributed by atoms with Gasteiger partial charge in [0.25, 0.3) is 0 Å². The molecule has 1 aromatic carbocycles. The van der Waals surface area contributed by atoms with Crippen molar-refractivity contribution in [3.05, 3.63) is 42.1 Å². The Labute approximate surface area is 133 Å². The fourth-order valence-electron chi connectivity index (χ4n) is 2.07. The highest BCUT2D eigenvalue weighted by Gasteiger charge is 2.13. The molecule has 23 heavy (non-hydrogen) atoms. The van der Waals surface area contributed by atoms with Gasteiger partial charge < -0.3 is 19.5 Å². The number of anilines is 1. The Hall–Kier alpha value is -2.96. The van der Waals surface area contributed by atoms with Gasteiger partial charge in [0.2, 0.25) is 6.79 Å². The SMILES string of the molecule is Cc1cccnc1NC(=O)NCCOc1ccc2c(c1)OCO2. The molecule has 0 fully saturated rings. The number of rotatable bonds is 5. The van der Waals surface area contributed by atoms with Crippen LogP contribution in [0.4, 0.5) is 10.6 Å². The Morgan fingerprint density at radius 1 is 1.30 bits per heavy atom. The highest BCUT2D eigenvalue weighted by Crippen LogP contribution is 2.34. The number of carbonyl (C=O) groups excluding carboxylic acids is 1. The molecule has 7 heteroatoms. The van der Waals surface area contributed by atoms with Gasteiger partial charge in [-0.2, -0.15) is 0 Å². The number of ether oxygens (including phenoxy) is 3. The lowest BCUT2D eigenvalue weighted by molar-refractivity contribution is 0.173. The molecule has 0 unspecified atom stereocenters. The molecule has 0 atom stereocenters. The number of hydrogen-bond acceptors (Lipinski definition) is 5. The molecule has 0 bridgehead atoms. The van der Waals surface area contributed by atoms with Gasteiger partial charge in [-0.15, -0.1) is 0 Å². The number of aryl methyl sites for hydroxylation is 1. The summed E-state index contributed by atoms with van der Waals surface area (Å²) < 4.78 is 16.1. The van der Waals surface area contributed by atoms with Crippen molar-refractivity contribution >= 4 is 11.8 Å². The van der Waals surface area contributed by atoms with Crippen molar-refractivity contribution in [2.24, 2.45) is 0 Å². The average molecular weight is 315 g/mol. The normalized spacial score (nSPS) is 11.9. The smallest absolute Gasteiger partial charge is 0.320 e. The summed E-state index contributed by atoms with van der Waals surface area (Å²) >= 11 is 0. The minimum atomic E-state index is -0.318. The van der Waals surface area contributed by atoms with Gasteiger partial charge in [-0.3, -0.25) is 5.32 Å². The summed E-state index contributed by atoms with van der Waals surface area (Å²) in [7, 11) is 0. The van der Waals surface area contributed by atoms with Gasteiger partial charge in [-0.05, 0) is 30.7 Å². The lowest BCUT2D eigenvalue weighted by Crippen LogP contribution is -2.32. The minimum Gasteiger partial charge on any atom is -0.492 e. The predicted molar refractivity (Wildman–Crippen MR) is 84.1 cm³/mol. The second kappa shape index (κ2) is 6.87. The van der Waals surface area contributed by atoms with Gasteiger partial charge in [0.15, 0.2) is 11.5 Å².